The van der Waals surface area contributed by atoms with Gasteiger partial charge in [-0.1, -0.05) is 65.7 Å². The quantitative estimate of drug-likeness (QED) is 0.156. The lowest BCUT2D eigenvalue weighted by Crippen LogP contribution is -2.41. The summed E-state index contributed by atoms with van der Waals surface area (Å²) in [7, 11) is 1.33. The smallest absolute Gasteiger partial charge is 0.338 e. The van der Waals surface area contributed by atoms with Gasteiger partial charge in [-0.3, -0.25) is 14.2 Å². The molecule has 1 fully saturated rings. The molecule has 14 nitrogen and oxygen atoms in total. The van der Waals surface area contributed by atoms with Crippen molar-refractivity contribution in [3.8, 4) is 5.75 Å². The number of hydrogen-bond donors (Lipinski definition) is 0. The maximum absolute atomic E-state index is 13.9. The highest BCUT2D eigenvalue weighted by Gasteiger charge is 2.41. The first-order valence-electron chi connectivity index (χ1n) is 16.9. The lowest BCUT2D eigenvalue weighted by molar-refractivity contribution is -0.131. The zero-order valence-electron chi connectivity index (χ0n) is 29.7. The standard InChI is InChI=1S/C39H39N3O11/c1-24-10-14-28(15-11-24)37(45)50-21-32-30(53-38(46)29-16-12-25(2)13-17-29)18-33(52-32)40-19-31(51-26(3)43)34-35(40)41(39(47)42(22-48-4)36(34)44)23-49-20-27-8-6-5-7-9-27/h5-17,19,30,32-33H,18,20-23H2,1-4H3/t30-,32+,33+/m0/s1. The molecular weight excluding hydrogens is 686 g/mol. The zero-order valence-corrected chi connectivity index (χ0v) is 29.7. The second kappa shape index (κ2) is 16.2. The topological polar surface area (TPSA) is 156 Å². The number of fused-ring (bicyclic) bond motifs is 1. The molecule has 3 heterocycles. The maximum atomic E-state index is 13.9. The molecule has 0 saturated carbocycles. The number of aromatic nitrogens is 3. The summed E-state index contributed by atoms with van der Waals surface area (Å²) in [6.45, 7) is 4.12. The number of carbonyl (C=O) groups is 3. The Hall–Kier alpha value is -5.83. The molecule has 3 atom stereocenters. The second-order valence-electron chi connectivity index (χ2n) is 12.7. The minimum absolute atomic E-state index is 0.00780. The number of methoxy groups -OCH3 is 1. The van der Waals surface area contributed by atoms with Crippen molar-refractivity contribution in [2.45, 2.75) is 65.7 Å². The van der Waals surface area contributed by atoms with Crippen LogP contribution >= 0.6 is 0 Å². The molecule has 1 aliphatic heterocycles. The summed E-state index contributed by atoms with van der Waals surface area (Å²) in [5.41, 5.74) is 1.91. The van der Waals surface area contributed by atoms with Crippen molar-refractivity contribution in [3.05, 3.63) is 134 Å². The maximum Gasteiger partial charge on any atom is 0.338 e. The molecule has 1 saturated heterocycles. The van der Waals surface area contributed by atoms with Crippen LogP contribution in [0.1, 0.15) is 57.0 Å². The van der Waals surface area contributed by atoms with Crippen LogP contribution in [0.4, 0.5) is 0 Å². The number of ether oxygens (including phenoxy) is 6. The van der Waals surface area contributed by atoms with Gasteiger partial charge in [0.1, 0.15) is 49.5 Å². The van der Waals surface area contributed by atoms with Crippen LogP contribution < -0.4 is 16.0 Å². The van der Waals surface area contributed by atoms with Gasteiger partial charge in [0.25, 0.3) is 5.56 Å². The lowest BCUT2D eigenvalue weighted by atomic mass is 10.1. The molecule has 0 radical (unpaired) electrons. The summed E-state index contributed by atoms with van der Waals surface area (Å²) in [6.07, 6.45) is -1.53. The van der Waals surface area contributed by atoms with Crippen LogP contribution in [0, 0.1) is 13.8 Å². The summed E-state index contributed by atoms with van der Waals surface area (Å²) in [5, 5.41) is -0.105. The molecule has 0 unspecified atom stereocenters. The fourth-order valence-corrected chi connectivity index (χ4v) is 6.04. The number of benzene rings is 3. The Balaban J connectivity index is 1.39. The molecule has 0 spiro atoms. The third-order valence-corrected chi connectivity index (χ3v) is 8.69. The molecule has 0 amide bonds. The molecule has 0 bridgehead atoms. The van der Waals surface area contributed by atoms with Gasteiger partial charge in [0.15, 0.2) is 5.75 Å². The van der Waals surface area contributed by atoms with E-state index in [0.29, 0.717) is 11.1 Å². The average molecular weight is 726 g/mol. The Morgan fingerprint density at radius 3 is 2.09 bits per heavy atom. The van der Waals surface area contributed by atoms with E-state index in [0.717, 1.165) is 21.3 Å². The van der Waals surface area contributed by atoms with Gasteiger partial charge < -0.3 is 33.0 Å². The molecule has 53 heavy (non-hydrogen) atoms. The van der Waals surface area contributed by atoms with E-state index in [1.165, 1.54) is 29.4 Å². The Bertz CT molecular complexity index is 2220. The van der Waals surface area contributed by atoms with Gasteiger partial charge in [0.2, 0.25) is 0 Å². The van der Waals surface area contributed by atoms with E-state index in [-0.39, 0.29) is 49.9 Å². The zero-order chi connectivity index (χ0) is 37.6. The molecule has 2 aromatic heterocycles. The summed E-state index contributed by atoms with van der Waals surface area (Å²) >= 11 is 0. The van der Waals surface area contributed by atoms with Crippen LogP contribution in [0.5, 0.6) is 5.75 Å². The fraction of sp³-hybridized carbons (Fsp3) is 0.308. The van der Waals surface area contributed by atoms with Crippen LogP contribution in [0.25, 0.3) is 11.0 Å². The van der Waals surface area contributed by atoms with Crippen molar-refractivity contribution in [2.75, 3.05) is 13.7 Å². The van der Waals surface area contributed by atoms with Crippen molar-refractivity contribution in [1.29, 1.82) is 0 Å². The number of nitrogens with zero attached hydrogens (tertiary/aromatic N) is 3. The van der Waals surface area contributed by atoms with Gasteiger partial charge in [-0.25, -0.2) is 19.0 Å². The predicted octanol–water partition coefficient (Wildman–Crippen LogP) is 4.66. The Morgan fingerprint density at radius 1 is 0.830 bits per heavy atom. The van der Waals surface area contributed by atoms with Crippen LogP contribution in [0.3, 0.4) is 0 Å². The molecular formula is C39H39N3O11. The van der Waals surface area contributed by atoms with Crippen molar-refractivity contribution < 1.29 is 42.8 Å². The van der Waals surface area contributed by atoms with Crippen LogP contribution in [-0.2, 0) is 48.5 Å². The van der Waals surface area contributed by atoms with Gasteiger partial charge in [-0.15, -0.1) is 0 Å². The molecule has 0 N–H and O–H groups in total. The normalized spacial score (nSPS) is 16.8. The largest absolute Gasteiger partial charge is 0.459 e. The van der Waals surface area contributed by atoms with Gasteiger partial charge in [-0.2, -0.15) is 0 Å². The summed E-state index contributed by atoms with van der Waals surface area (Å²) in [5.74, 6) is -2.07. The molecule has 14 heteroatoms. The second-order valence-corrected chi connectivity index (χ2v) is 12.7. The average Bonchev–Trinajstić information content (AvgIpc) is 3.72. The van der Waals surface area contributed by atoms with Crippen LogP contribution in [0.15, 0.2) is 94.6 Å². The summed E-state index contributed by atoms with van der Waals surface area (Å²) in [6, 6.07) is 23.0. The predicted molar refractivity (Wildman–Crippen MR) is 190 cm³/mol. The summed E-state index contributed by atoms with van der Waals surface area (Å²) < 4.78 is 38.2. The number of hydrogen-bond acceptors (Lipinski definition) is 11. The monoisotopic (exact) mass is 725 g/mol. The first kappa shape index (κ1) is 36.9. The number of aryl methyl sites for hydroxylation is 2. The molecule has 0 aliphatic carbocycles. The Morgan fingerprint density at radius 2 is 1.47 bits per heavy atom. The van der Waals surface area contributed by atoms with E-state index >= 15 is 0 Å². The lowest BCUT2D eigenvalue weighted by Gasteiger charge is -2.19. The van der Waals surface area contributed by atoms with E-state index in [9.17, 15) is 24.0 Å². The van der Waals surface area contributed by atoms with Crippen molar-refractivity contribution in [3.63, 3.8) is 0 Å². The molecule has 5 aromatic rings. The highest BCUT2D eigenvalue weighted by Crippen LogP contribution is 2.37. The third-order valence-electron chi connectivity index (χ3n) is 8.69. The molecule has 6 rings (SSSR count). The molecule has 1 aliphatic rings. The van der Waals surface area contributed by atoms with E-state index in [1.807, 2.05) is 44.2 Å². The van der Waals surface area contributed by atoms with Crippen molar-refractivity contribution >= 4 is 28.9 Å². The summed E-state index contributed by atoms with van der Waals surface area (Å²) in [4.78, 5) is 66.4. The Kier molecular flexibility index (Phi) is 11.3. The number of esters is 3. The van der Waals surface area contributed by atoms with Crippen molar-refractivity contribution in [1.82, 2.24) is 13.7 Å². The minimum Gasteiger partial charge on any atom is -0.459 e. The van der Waals surface area contributed by atoms with Gasteiger partial charge in [0, 0.05) is 20.5 Å². The van der Waals surface area contributed by atoms with Gasteiger partial charge in [0.05, 0.1) is 23.9 Å². The minimum atomic E-state index is -1.00. The highest BCUT2D eigenvalue weighted by atomic mass is 16.6. The molecule has 276 valence electrons. The van der Waals surface area contributed by atoms with E-state index in [1.54, 1.807) is 48.5 Å². The van der Waals surface area contributed by atoms with Gasteiger partial charge >= 0.3 is 23.6 Å². The first-order chi connectivity index (χ1) is 25.5. The van der Waals surface area contributed by atoms with E-state index in [2.05, 4.69) is 0 Å². The number of carbonyl (C=O) groups excluding carboxylic acids is 3. The van der Waals surface area contributed by atoms with E-state index in [4.69, 9.17) is 28.4 Å². The first-order valence-corrected chi connectivity index (χ1v) is 16.9. The molecule has 3 aromatic carbocycles. The van der Waals surface area contributed by atoms with E-state index < -0.39 is 47.6 Å². The Labute approximate surface area is 304 Å². The number of rotatable bonds is 13. The van der Waals surface area contributed by atoms with Crippen molar-refractivity contribution in [2.24, 2.45) is 0 Å². The van der Waals surface area contributed by atoms with Gasteiger partial charge in [-0.05, 0) is 43.7 Å². The highest BCUT2D eigenvalue weighted by molar-refractivity contribution is 5.90. The fourth-order valence-electron chi connectivity index (χ4n) is 6.04. The van der Waals surface area contributed by atoms with Crippen LogP contribution in [0.2, 0.25) is 0 Å². The van der Waals surface area contributed by atoms with Crippen LogP contribution in [-0.4, -0.2) is 57.5 Å². The third kappa shape index (κ3) is 8.30. The SMILES string of the molecule is COCn1c(=O)c2c(OC(C)=O)cn([C@H]3C[C@H](OC(=O)c4ccc(C)cc4)[C@@H](COC(=O)c4ccc(C)cc4)O3)c2n(COCc2ccccc2)c1=O.